The van der Waals surface area contributed by atoms with E-state index in [0.29, 0.717) is 0 Å². The van der Waals surface area contributed by atoms with E-state index in [1.54, 1.807) is 0 Å². The largest absolute Gasteiger partial charge is 0.483 e. The number of para-hydroxylation sites is 1. The third kappa shape index (κ3) is 9.68. The zero-order chi connectivity index (χ0) is 23.8. The van der Waals surface area contributed by atoms with Crippen molar-refractivity contribution in [3.63, 3.8) is 0 Å². The summed E-state index contributed by atoms with van der Waals surface area (Å²) in [4.78, 5) is 32.3. The van der Waals surface area contributed by atoms with Gasteiger partial charge in [-0.25, -0.2) is 0 Å². The SMILES string of the molecule is CC(C)NC(=O)C1(Nc2ccccc2)CCN(CC2CCCCC2)CC1.O=CO.O=CO. The molecule has 0 spiro atoms. The van der Waals surface area contributed by atoms with Crippen molar-refractivity contribution in [2.75, 3.05) is 25.0 Å². The summed E-state index contributed by atoms with van der Waals surface area (Å²) in [7, 11) is 0. The number of nitrogens with zero attached hydrogens (tertiary/aromatic N) is 1. The van der Waals surface area contributed by atoms with Crippen molar-refractivity contribution in [1.82, 2.24) is 10.2 Å². The van der Waals surface area contributed by atoms with Crippen molar-refractivity contribution >= 4 is 24.5 Å². The monoisotopic (exact) mass is 449 g/mol. The van der Waals surface area contributed by atoms with Crippen molar-refractivity contribution in [2.24, 2.45) is 5.92 Å². The number of piperidine rings is 1. The number of likely N-dealkylation sites (tertiary alicyclic amines) is 1. The van der Waals surface area contributed by atoms with Gasteiger partial charge in [0, 0.05) is 31.4 Å². The highest BCUT2D eigenvalue weighted by atomic mass is 16.3. The lowest BCUT2D eigenvalue weighted by molar-refractivity contribution is -0.127. The molecule has 0 atom stereocenters. The zero-order valence-electron chi connectivity index (χ0n) is 19.3. The molecule has 1 amide bonds. The van der Waals surface area contributed by atoms with Gasteiger partial charge in [0.15, 0.2) is 0 Å². The van der Waals surface area contributed by atoms with Crippen LogP contribution in [0.1, 0.15) is 58.8 Å². The molecule has 1 aliphatic carbocycles. The first kappa shape index (κ1) is 27.4. The number of amides is 1. The summed E-state index contributed by atoms with van der Waals surface area (Å²) in [5.41, 5.74) is 0.543. The highest BCUT2D eigenvalue weighted by Gasteiger charge is 2.41. The molecule has 32 heavy (non-hydrogen) atoms. The van der Waals surface area contributed by atoms with Gasteiger partial charge in [0.1, 0.15) is 5.54 Å². The first-order chi connectivity index (χ1) is 15.4. The smallest absolute Gasteiger partial charge is 0.290 e. The summed E-state index contributed by atoms with van der Waals surface area (Å²) in [5, 5.41) is 20.5. The second-order valence-electron chi connectivity index (χ2n) is 8.72. The number of carbonyl (C=O) groups is 3. The van der Waals surface area contributed by atoms with Crippen LogP contribution in [0.15, 0.2) is 30.3 Å². The maximum Gasteiger partial charge on any atom is 0.290 e. The van der Waals surface area contributed by atoms with E-state index in [0.717, 1.165) is 37.5 Å². The van der Waals surface area contributed by atoms with Gasteiger partial charge in [-0.1, -0.05) is 37.5 Å². The number of carboxylic acid groups (broad SMARTS) is 2. The quantitative estimate of drug-likeness (QED) is 0.491. The molecule has 2 fully saturated rings. The van der Waals surface area contributed by atoms with Gasteiger partial charge in [-0.2, -0.15) is 0 Å². The lowest BCUT2D eigenvalue weighted by Gasteiger charge is -2.43. The first-order valence-corrected chi connectivity index (χ1v) is 11.4. The topological polar surface area (TPSA) is 119 Å². The number of carbonyl (C=O) groups excluding carboxylic acids is 1. The maximum absolute atomic E-state index is 13.0. The van der Waals surface area contributed by atoms with E-state index in [2.05, 4.69) is 27.7 Å². The van der Waals surface area contributed by atoms with Crippen LogP contribution in [0, 0.1) is 5.92 Å². The molecule has 0 radical (unpaired) electrons. The molecule has 180 valence electrons. The Morgan fingerprint density at radius 1 is 1.06 bits per heavy atom. The fourth-order valence-corrected chi connectivity index (χ4v) is 4.46. The summed E-state index contributed by atoms with van der Waals surface area (Å²) >= 11 is 0. The van der Waals surface area contributed by atoms with Crippen molar-refractivity contribution in [3.05, 3.63) is 30.3 Å². The predicted molar refractivity (Wildman–Crippen MR) is 126 cm³/mol. The van der Waals surface area contributed by atoms with Crippen LogP contribution in [-0.2, 0) is 14.4 Å². The number of benzene rings is 1. The Labute approximate surface area is 191 Å². The van der Waals surface area contributed by atoms with Gasteiger partial charge in [0.05, 0.1) is 0 Å². The van der Waals surface area contributed by atoms with Gasteiger partial charge in [-0.05, 0) is 57.6 Å². The molecule has 1 aliphatic heterocycles. The second kappa shape index (κ2) is 15.2. The van der Waals surface area contributed by atoms with Crippen LogP contribution >= 0.6 is 0 Å². The normalized spacial score (nSPS) is 18.2. The summed E-state index contributed by atoms with van der Waals surface area (Å²) in [5.74, 6) is 1.01. The van der Waals surface area contributed by atoms with Gasteiger partial charge < -0.3 is 25.7 Å². The van der Waals surface area contributed by atoms with Gasteiger partial charge in [-0.3, -0.25) is 14.4 Å². The molecular formula is C24H39N3O5. The molecule has 0 bridgehead atoms. The standard InChI is InChI=1S/C22H35N3O.2CH2O2/c1-18(2)23-21(26)22(24-20-11-7-4-8-12-20)13-15-25(16-14-22)17-19-9-5-3-6-10-19;2*2-1-3/h4,7-8,11-12,18-19,24H,3,5-6,9-10,13-17H2,1-2H3,(H,23,26);2*1H,(H,2,3). The fourth-order valence-electron chi connectivity index (χ4n) is 4.46. The molecule has 3 rings (SSSR count). The Bertz CT molecular complexity index is 649. The average molecular weight is 450 g/mol. The Kier molecular flexibility index (Phi) is 13.1. The molecule has 8 heteroatoms. The molecule has 1 heterocycles. The van der Waals surface area contributed by atoms with Crippen LogP contribution in [0.3, 0.4) is 0 Å². The Morgan fingerprint density at radius 3 is 2.09 bits per heavy atom. The minimum atomic E-state index is -0.491. The van der Waals surface area contributed by atoms with E-state index >= 15 is 0 Å². The van der Waals surface area contributed by atoms with Crippen molar-refractivity contribution < 1.29 is 24.6 Å². The Morgan fingerprint density at radius 2 is 1.59 bits per heavy atom. The Hall–Kier alpha value is -2.61. The first-order valence-electron chi connectivity index (χ1n) is 11.4. The fraction of sp³-hybridized carbons (Fsp3) is 0.625. The molecule has 4 N–H and O–H groups in total. The predicted octanol–water partition coefficient (Wildman–Crippen LogP) is 3.44. The zero-order valence-corrected chi connectivity index (χ0v) is 19.3. The van der Waals surface area contributed by atoms with Crippen molar-refractivity contribution in [3.8, 4) is 0 Å². The van der Waals surface area contributed by atoms with Gasteiger partial charge in [0.2, 0.25) is 5.91 Å². The highest BCUT2D eigenvalue weighted by Crippen LogP contribution is 2.30. The summed E-state index contributed by atoms with van der Waals surface area (Å²) < 4.78 is 0. The molecule has 0 aromatic heterocycles. The number of nitrogens with one attached hydrogen (secondary N) is 2. The molecule has 0 unspecified atom stereocenters. The lowest BCUT2D eigenvalue weighted by Crippen LogP contribution is -2.59. The summed E-state index contributed by atoms with van der Waals surface area (Å²) in [6.07, 6.45) is 8.72. The molecule has 1 aromatic carbocycles. The highest BCUT2D eigenvalue weighted by molar-refractivity contribution is 5.89. The average Bonchev–Trinajstić information content (AvgIpc) is 2.77. The number of rotatable bonds is 6. The van der Waals surface area contributed by atoms with E-state index in [1.165, 1.54) is 38.6 Å². The van der Waals surface area contributed by atoms with E-state index in [9.17, 15) is 4.79 Å². The van der Waals surface area contributed by atoms with Gasteiger partial charge in [-0.15, -0.1) is 0 Å². The molecule has 8 nitrogen and oxygen atoms in total. The molecule has 1 saturated carbocycles. The molecular weight excluding hydrogens is 410 g/mol. The maximum atomic E-state index is 13.0. The minimum Gasteiger partial charge on any atom is -0.483 e. The van der Waals surface area contributed by atoms with Crippen molar-refractivity contribution in [2.45, 2.75) is 70.4 Å². The van der Waals surface area contributed by atoms with Gasteiger partial charge >= 0.3 is 0 Å². The van der Waals surface area contributed by atoms with Crippen LogP contribution in [0.5, 0.6) is 0 Å². The van der Waals surface area contributed by atoms with Crippen LogP contribution in [0.4, 0.5) is 5.69 Å². The Balaban J connectivity index is 0.000000769. The van der Waals surface area contributed by atoms with E-state index in [4.69, 9.17) is 19.8 Å². The van der Waals surface area contributed by atoms with Gasteiger partial charge in [0.25, 0.3) is 12.9 Å². The van der Waals surface area contributed by atoms with E-state index in [1.807, 2.05) is 32.0 Å². The van der Waals surface area contributed by atoms with Crippen LogP contribution in [0.2, 0.25) is 0 Å². The van der Waals surface area contributed by atoms with Crippen LogP contribution in [-0.4, -0.2) is 65.2 Å². The molecule has 2 aliphatic rings. The minimum absolute atomic E-state index is 0.147. The number of hydrogen-bond donors (Lipinski definition) is 4. The van der Waals surface area contributed by atoms with Crippen LogP contribution < -0.4 is 10.6 Å². The van der Waals surface area contributed by atoms with E-state index in [-0.39, 0.29) is 24.9 Å². The van der Waals surface area contributed by atoms with Crippen molar-refractivity contribution in [1.29, 1.82) is 0 Å². The summed E-state index contributed by atoms with van der Waals surface area (Å²) in [6.45, 7) is 6.79. The summed E-state index contributed by atoms with van der Waals surface area (Å²) in [6, 6.07) is 10.3. The molecule has 1 saturated heterocycles. The lowest BCUT2D eigenvalue weighted by atomic mass is 9.84. The van der Waals surface area contributed by atoms with E-state index < -0.39 is 5.54 Å². The number of anilines is 1. The number of hydrogen-bond acceptors (Lipinski definition) is 5. The third-order valence-corrected chi connectivity index (χ3v) is 5.96. The molecule has 1 aromatic rings. The second-order valence-corrected chi connectivity index (χ2v) is 8.72. The van der Waals surface area contributed by atoms with Crippen LogP contribution in [0.25, 0.3) is 0 Å². The third-order valence-electron chi connectivity index (χ3n) is 5.96.